The van der Waals surface area contributed by atoms with Gasteiger partial charge < -0.3 is 25.6 Å². The summed E-state index contributed by atoms with van der Waals surface area (Å²) in [5.74, 6) is -1.02. The predicted octanol–water partition coefficient (Wildman–Crippen LogP) is 1.82. The molecule has 1 aromatic carbocycles. The maximum Gasteiger partial charge on any atom is 0.145 e. The number of rotatable bonds is 3. The van der Waals surface area contributed by atoms with Crippen molar-refractivity contribution in [3.05, 3.63) is 53.2 Å². The van der Waals surface area contributed by atoms with Crippen LogP contribution in [0.3, 0.4) is 0 Å². The summed E-state index contributed by atoms with van der Waals surface area (Å²) in [7, 11) is 0. The second kappa shape index (κ2) is 6.72. The van der Waals surface area contributed by atoms with Crippen LogP contribution in [-0.2, 0) is 0 Å². The van der Waals surface area contributed by atoms with Crippen molar-refractivity contribution in [2.45, 2.75) is 30.8 Å². The van der Waals surface area contributed by atoms with E-state index in [-0.39, 0.29) is 17.0 Å². The third-order valence-electron chi connectivity index (χ3n) is 5.28. The fourth-order valence-corrected chi connectivity index (χ4v) is 3.95. The first-order valence-electron chi connectivity index (χ1n) is 8.44. The van der Waals surface area contributed by atoms with Crippen LogP contribution in [-0.4, -0.2) is 42.1 Å². The minimum absolute atomic E-state index is 0.0492. The summed E-state index contributed by atoms with van der Waals surface area (Å²) in [6.45, 7) is 0. The molecule has 2 aromatic heterocycles. The van der Waals surface area contributed by atoms with Crippen LogP contribution in [0.25, 0.3) is 11.0 Å². The molecule has 1 saturated carbocycles. The maximum absolute atomic E-state index is 13.7. The van der Waals surface area contributed by atoms with Gasteiger partial charge in [0, 0.05) is 12.1 Å². The SMILES string of the molecule is Nc1ncnc2c1ccn2[C@@H]1C[C@H]([C@H](O)c2ccc(Cl)c(F)c2)[C@@H](O)[C@H]1O. The van der Waals surface area contributed by atoms with Crippen molar-refractivity contribution in [2.24, 2.45) is 5.92 Å². The normalized spacial score (nSPS) is 26.6. The molecular weight excluding hydrogens is 375 g/mol. The number of nitrogen functional groups attached to an aromatic ring is 1. The molecule has 0 radical (unpaired) electrons. The van der Waals surface area contributed by atoms with E-state index in [4.69, 9.17) is 17.3 Å². The van der Waals surface area contributed by atoms with Crippen molar-refractivity contribution in [1.82, 2.24) is 14.5 Å². The highest BCUT2D eigenvalue weighted by molar-refractivity contribution is 6.30. The van der Waals surface area contributed by atoms with Crippen LogP contribution in [0.4, 0.5) is 10.2 Å². The number of fused-ring (bicyclic) bond motifs is 1. The Kier molecular flexibility index (Phi) is 4.51. The monoisotopic (exact) mass is 392 g/mol. The topological polar surface area (TPSA) is 117 Å². The van der Waals surface area contributed by atoms with Crippen LogP contribution in [0, 0.1) is 11.7 Å². The van der Waals surface area contributed by atoms with Crippen LogP contribution >= 0.6 is 11.6 Å². The molecule has 0 aliphatic heterocycles. The molecule has 9 heteroatoms. The van der Waals surface area contributed by atoms with Crippen molar-refractivity contribution in [3.8, 4) is 0 Å². The zero-order chi connectivity index (χ0) is 19.3. The molecule has 0 unspecified atom stereocenters. The number of aromatic nitrogens is 3. The molecule has 5 atom stereocenters. The number of nitrogens with zero attached hydrogens (tertiary/aromatic N) is 3. The fraction of sp³-hybridized carbons (Fsp3) is 0.333. The molecule has 2 heterocycles. The van der Waals surface area contributed by atoms with Crippen LogP contribution < -0.4 is 5.73 Å². The number of hydrogen-bond donors (Lipinski definition) is 4. The van der Waals surface area contributed by atoms with Crippen molar-refractivity contribution in [2.75, 3.05) is 5.73 Å². The Morgan fingerprint density at radius 3 is 2.74 bits per heavy atom. The van der Waals surface area contributed by atoms with Gasteiger partial charge in [0.25, 0.3) is 0 Å². The molecule has 7 nitrogen and oxygen atoms in total. The van der Waals surface area contributed by atoms with Crippen molar-refractivity contribution < 1.29 is 19.7 Å². The number of anilines is 1. The van der Waals surface area contributed by atoms with Crippen LogP contribution in [0.5, 0.6) is 0 Å². The quantitative estimate of drug-likeness (QED) is 0.540. The number of aliphatic hydroxyl groups excluding tert-OH is 3. The molecule has 0 saturated heterocycles. The minimum Gasteiger partial charge on any atom is -0.390 e. The molecule has 27 heavy (non-hydrogen) atoms. The van der Waals surface area contributed by atoms with Crippen molar-refractivity contribution in [1.29, 1.82) is 0 Å². The Hall–Kier alpha value is -2.26. The molecule has 3 aromatic rings. The van der Waals surface area contributed by atoms with Crippen molar-refractivity contribution >= 4 is 28.5 Å². The van der Waals surface area contributed by atoms with Gasteiger partial charge in [-0.05, 0) is 30.2 Å². The largest absolute Gasteiger partial charge is 0.390 e. The van der Waals surface area contributed by atoms with E-state index < -0.39 is 36.1 Å². The van der Waals surface area contributed by atoms with Gasteiger partial charge in [0.2, 0.25) is 0 Å². The van der Waals surface area contributed by atoms with Crippen LogP contribution in [0.15, 0.2) is 36.8 Å². The van der Waals surface area contributed by atoms with E-state index >= 15 is 0 Å². The number of aliphatic hydroxyl groups is 3. The predicted molar refractivity (Wildman–Crippen MR) is 97.5 cm³/mol. The van der Waals surface area contributed by atoms with Gasteiger partial charge in [-0.15, -0.1) is 0 Å². The van der Waals surface area contributed by atoms with Gasteiger partial charge in [-0.3, -0.25) is 0 Å². The van der Waals surface area contributed by atoms with Crippen LogP contribution in [0.2, 0.25) is 5.02 Å². The van der Waals surface area contributed by atoms with E-state index in [2.05, 4.69) is 9.97 Å². The Bertz CT molecular complexity index is 998. The fourth-order valence-electron chi connectivity index (χ4n) is 3.83. The van der Waals surface area contributed by atoms with Crippen LogP contribution in [0.1, 0.15) is 24.1 Å². The molecule has 0 spiro atoms. The molecule has 1 fully saturated rings. The number of benzene rings is 1. The van der Waals surface area contributed by atoms with Gasteiger partial charge in [0.1, 0.15) is 29.7 Å². The lowest BCUT2D eigenvalue weighted by molar-refractivity contribution is -0.0265. The molecule has 1 aliphatic rings. The summed E-state index contributed by atoms with van der Waals surface area (Å²) in [5.41, 5.74) is 6.67. The molecule has 4 rings (SSSR count). The Morgan fingerprint density at radius 2 is 2.00 bits per heavy atom. The van der Waals surface area contributed by atoms with Gasteiger partial charge >= 0.3 is 0 Å². The standard InChI is InChI=1S/C18H18ClFN4O3/c19-11-2-1-8(5-12(11)20)14(25)10-6-13(16(27)15(10)26)24-4-3-9-17(21)22-7-23-18(9)24/h1-5,7,10,13-16,25-27H,6H2,(H2,21,22,23)/t10-,13-,14-,15-,16+/m1/s1. The zero-order valence-corrected chi connectivity index (χ0v) is 14.8. The van der Waals surface area contributed by atoms with Gasteiger partial charge in [-0.2, -0.15) is 0 Å². The molecule has 0 bridgehead atoms. The molecule has 5 N–H and O–H groups in total. The lowest BCUT2D eigenvalue weighted by Gasteiger charge is -2.22. The number of nitrogens with two attached hydrogens (primary N) is 1. The van der Waals surface area contributed by atoms with E-state index in [0.29, 0.717) is 16.9 Å². The van der Waals surface area contributed by atoms with Gasteiger partial charge in [0.05, 0.1) is 28.7 Å². The third kappa shape index (κ3) is 2.94. The molecule has 0 amide bonds. The molecule has 1 aliphatic carbocycles. The number of hydrogen-bond acceptors (Lipinski definition) is 6. The van der Waals surface area contributed by atoms with Gasteiger partial charge in [-0.1, -0.05) is 17.7 Å². The third-order valence-corrected chi connectivity index (χ3v) is 5.59. The average Bonchev–Trinajstić information content (AvgIpc) is 3.20. The van der Waals surface area contributed by atoms with E-state index in [1.807, 2.05) is 0 Å². The highest BCUT2D eigenvalue weighted by Gasteiger charge is 2.46. The van der Waals surface area contributed by atoms with Crippen molar-refractivity contribution in [3.63, 3.8) is 0 Å². The van der Waals surface area contributed by atoms with Gasteiger partial charge in [0.15, 0.2) is 0 Å². The summed E-state index contributed by atoms with van der Waals surface area (Å²) >= 11 is 5.68. The Morgan fingerprint density at radius 1 is 1.22 bits per heavy atom. The van der Waals surface area contributed by atoms with E-state index in [1.165, 1.54) is 18.5 Å². The van der Waals surface area contributed by atoms with E-state index in [1.54, 1.807) is 16.8 Å². The lowest BCUT2D eigenvalue weighted by Crippen LogP contribution is -2.31. The highest BCUT2D eigenvalue weighted by Crippen LogP contribution is 2.43. The average molecular weight is 393 g/mol. The summed E-state index contributed by atoms with van der Waals surface area (Å²) in [6, 6.07) is 5.20. The summed E-state index contributed by atoms with van der Waals surface area (Å²) in [4.78, 5) is 8.14. The maximum atomic E-state index is 13.7. The Labute approximate surface area is 158 Å². The minimum atomic E-state index is -1.19. The first kappa shape index (κ1) is 18.1. The van der Waals surface area contributed by atoms with E-state index in [0.717, 1.165) is 6.07 Å². The summed E-state index contributed by atoms with van der Waals surface area (Å²) < 4.78 is 15.4. The molecule has 142 valence electrons. The second-order valence-electron chi connectivity index (χ2n) is 6.79. The summed E-state index contributed by atoms with van der Waals surface area (Å²) in [5, 5.41) is 32.3. The smallest absolute Gasteiger partial charge is 0.145 e. The highest BCUT2D eigenvalue weighted by atomic mass is 35.5. The second-order valence-corrected chi connectivity index (χ2v) is 7.19. The molecular formula is C18H18ClFN4O3. The first-order chi connectivity index (χ1) is 12.9. The lowest BCUT2D eigenvalue weighted by atomic mass is 9.92. The summed E-state index contributed by atoms with van der Waals surface area (Å²) in [6.07, 6.45) is -0.176. The van der Waals surface area contributed by atoms with E-state index in [9.17, 15) is 19.7 Å². The first-order valence-corrected chi connectivity index (χ1v) is 8.82. The van der Waals surface area contributed by atoms with Gasteiger partial charge in [-0.25, -0.2) is 14.4 Å². The number of halogens is 2. The Balaban J connectivity index is 1.66. The zero-order valence-electron chi connectivity index (χ0n) is 14.1.